The van der Waals surface area contributed by atoms with Crippen LogP contribution in [-0.4, -0.2) is 15.0 Å². The highest BCUT2D eigenvalue weighted by Gasteiger charge is 2.08. The van der Waals surface area contributed by atoms with Gasteiger partial charge in [0.25, 0.3) is 0 Å². The van der Waals surface area contributed by atoms with Gasteiger partial charge < -0.3 is 0 Å². The fourth-order valence-corrected chi connectivity index (χ4v) is 2.45. The fourth-order valence-electron chi connectivity index (χ4n) is 2.10. The van der Waals surface area contributed by atoms with Crippen molar-refractivity contribution >= 4 is 34.1 Å². The second-order valence-electron chi connectivity index (χ2n) is 5.14. The third-order valence-corrected chi connectivity index (χ3v) is 4.07. The van der Waals surface area contributed by atoms with Gasteiger partial charge in [-0.2, -0.15) is 0 Å². The summed E-state index contributed by atoms with van der Waals surface area (Å²) in [6.45, 7) is 4.14. The lowest BCUT2D eigenvalue weighted by atomic mass is 10.1. The van der Waals surface area contributed by atoms with E-state index in [4.69, 9.17) is 23.2 Å². The molecule has 0 fully saturated rings. The smallest absolute Gasteiger partial charge is 0.130 e. The number of rotatable bonds is 2. The number of pyridine rings is 1. The number of hydrogen-bond donors (Lipinski definition) is 0. The minimum atomic E-state index is 0.313. The molecule has 3 rings (SSSR count). The quantitative estimate of drug-likeness (QED) is 0.658. The van der Waals surface area contributed by atoms with Crippen LogP contribution in [0, 0.1) is 0 Å². The molecule has 21 heavy (non-hydrogen) atoms. The van der Waals surface area contributed by atoms with Crippen molar-refractivity contribution in [1.82, 2.24) is 15.0 Å². The van der Waals surface area contributed by atoms with E-state index < -0.39 is 0 Å². The summed E-state index contributed by atoms with van der Waals surface area (Å²) in [4.78, 5) is 13.0. The van der Waals surface area contributed by atoms with Gasteiger partial charge in [-0.25, -0.2) is 9.97 Å². The molecule has 3 nitrogen and oxygen atoms in total. The monoisotopic (exact) mass is 317 g/mol. The lowest BCUT2D eigenvalue weighted by Gasteiger charge is -2.07. The highest BCUT2D eigenvalue weighted by atomic mass is 35.5. The highest BCUT2D eigenvalue weighted by Crippen LogP contribution is 2.32. The van der Waals surface area contributed by atoms with Crippen LogP contribution in [0.2, 0.25) is 10.0 Å². The van der Waals surface area contributed by atoms with Gasteiger partial charge in [-0.15, -0.1) is 0 Å². The van der Waals surface area contributed by atoms with E-state index in [0.29, 0.717) is 16.0 Å². The third-order valence-electron chi connectivity index (χ3n) is 3.28. The highest BCUT2D eigenvalue weighted by molar-refractivity contribution is 6.45. The zero-order valence-corrected chi connectivity index (χ0v) is 13.2. The Morgan fingerprint density at radius 1 is 0.905 bits per heavy atom. The van der Waals surface area contributed by atoms with Crippen LogP contribution in [0.5, 0.6) is 0 Å². The van der Waals surface area contributed by atoms with Gasteiger partial charge in [0.05, 0.1) is 15.6 Å². The van der Waals surface area contributed by atoms with Gasteiger partial charge in [0, 0.05) is 35.5 Å². The number of nitrogens with zero attached hydrogens (tertiary/aromatic N) is 3. The summed E-state index contributed by atoms with van der Waals surface area (Å²) in [5.41, 5.74) is 2.74. The number of fused-ring (bicyclic) bond motifs is 1. The lowest BCUT2D eigenvalue weighted by molar-refractivity contribution is 0.775. The molecule has 0 saturated heterocycles. The average Bonchev–Trinajstić information content (AvgIpc) is 2.51. The van der Waals surface area contributed by atoms with Crippen LogP contribution in [-0.2, 0) is 0 Å². The zero-order valence-electron chi connectivity index (χ0n) is 11.6. The van der Waals surface area contributed by atoms with E-state index in [1.807, 2.05) is 30.6 Å². The van der Waals surface area contributed by atoms with E-state index in [0.717, 1.165) is 27.9 Å². The van der Waals surface area contributed by atoms with Crippen molar-refractivity contribution < 1.29 is 0 Å². The minimum Gasteiger partial charge on any atom is -0.255 e. The summed E-state index contributed by atoms with van der Waals surface area (Å²) >= 11 is 12.3. The molecule has 0 aliphatic rings. The summed E-state index contributed by atoms with van der Waals surface area (Å²) in [6.07, 6.45) is 5.22. The largest absolute Gasteiger partial charge is 0.255 e. The van der Waals surface area contributed by atoms with Gasteiger partial charge in [0.1, 0.15) is 5.82 Å². The maximum Gasteiger partial charge on any atom is 0.130 e. The predicted molar refractivity (Wildman–Crippen MR) is 86.9 cm³/mol. The zero-order chi connectivity index (χ0) is 15.0. The van der Waals surface area contributed by atoms with E-state index in [-0.39, 0.29) is 0 Å². The number of benzene rings is 1. The van der Waals surface area contributed by atoms with Crippen LogP contribution < -0.4 is 0 Å². The molecule has 0 unspecified atom stereocenters. The maximum atomic E-state index is 6.25. The Bertz CT molecular complexity index is 798. The van der Waals surface area contributed by atoms with Crippen LogP contribution >= 0.6 is 23.2 Å². The number of halogens is 2. The molecular formula is C16H13Cl2N3. The van der Waals surface area contributed by atoms with Gasteiger partial charge in [-0.3, -0.25) is 4.98 Å². The standard InChI is InChI=1S/C16H13Cl2N3/c1-9(2)16-20-6-11(7-21-16)10-3-4-14-12(5-10)15(18)13(17)8-19-14/h3-9H,1-2H3. The second kappa shape index (κ2) is 5.58. The van der Waals surface area contributed by atoms with E-state index >= 15 is 0 Å². The second-order valence-corrected chi connectivity index (χ2v) is 5.92. The van der Waals surface area contributed by atoms with Crippen molar-refractivity contribution in [3.8, 4) is 11.1 Å². The molecule has 0 spiro atoms. The lowest BCUT2D eigenvalue weighted by Crippen LogP contribution is -1.96. The van der Waals surface area contributed by atoms with Crippen molar-refractivity contribution in [3.05, 3.63) is 52.7 Å². The van der Waals surface area contributed by atoms with Crippen LogP contribution in [0.3, 0.4) is 0 Å². The summed E-state index contributed by atoms with van der Waals surface area (Å²) in [7, 11) is 0. The molecule has 5 heteroatoms. The van der Waals surface area contributed by atoms with Gasteiger partial charge in [0.15, 0.2) is 0 Å². The van der Waals surface area contributed by atoms with Crippen molar-refractivity contribution in [1.29, 1.82) is 0 Å². The van der Waals surface area contributed by atoms with Crippen LogP contribution in [0.4, 0.5) is 0 Å². The molecule has 0 aliphatic heterocycles. The first-order chi connectivity index (χ1) is 10.1. The van der Waals surface area contributed by atoms with Crippen molar-refractivity contribution in [2.75, 3.05) is 0 Å². The van der Waals surface area contributed by atoms with E-state index in [9.17, 15) is 0 Å². The Hall–Kier alpha value is -1.71. The average molecular weight is 318 g/mol. The minimum absolute atomic E-state index is 0.313. The first-order valence-electron chi connectivity index (χ1n) is 6.62. The van der Waals surface area contributed by atoms with Crippen LogP contribution in [0.1, 0.15) is 25.6 Å². The summed E-state index contributed by atoms with van der Waals surface area (Å²) in [5.74, 6) is 1.15. The topological polar surface area (TPSA) is 38.7 Å². The summed E-state index contributed by atoms with van der Waals surface area (Å²) < 4.78 is 0. The molecule has 0 aliphatic carbocycles. The Morgan fingerprint density at radius 2 is 1.62 bits per heavy atom. The Balaban J connectivity index is 2.10. The number of aromatic nitrogens is 3. The first kappa shape index (κ1) is 14.2. The van der Waals surface area contributed by atoms with Gasteiger partial charge in [-0.05, 0) is 17.7 Å². The van der Waals surface area contributed by atoms with Gasteiger partial charge >= 0.3 is 0 Å². The molecule has 3 aromatic rings. The molecule has 0 radical (unpaired) electrons. The van der Waals surface area contributed by atoms with Crippen molar-refractivity contribution in [2.24, 2.45) is 0 Å². The van der Waals surface area contributed by atoms with Crippen molar-refractivity contribution in [2.45, 2.75) is 19.8 Å². The molecule has 0 bridgehead atoms. The molecule has 0 amide bonds. The Kier molecular flexibility index (Phi) is 3.79. The summed E-state index contributed by atoms with van der Waals surface area (Å²) in [5, 5.41) is 1.80. The SMILES string of the molecule is CC(C)c1ncc(-c2ccc3ncc(Cl)c(Cl)c3c2)cn1. The third kappa shape index (κ3) is 2.71. The molecule has 0 atom stereocenters. The van der Waals surface area contributed by atoms with Gasteiger partial charge in [0.2, 0.25) is 0 Å². The molecule has 0 N–H and O–H groups in total. The molecular weight excluding hydrogens is 305 g/mol. The van der Waals surface area contributed by atoms with Crippen LogP contribution in [0.25, 0.3) is 22.0 Å². The van der Waals surface area contributed by atoms with Gasteiger partial charge in [-0.1, -0.05) is 43.1 Å². The predicted octanol–water partition coefficient (Wildman–Crippen LogP) is 5.12. The van der Waals surface area contributed by atoms with E-state index in [2.05, 4.69) is 28.8 Å². The molecule has 1 aromatic carbocycles. The summed E-state index contributed by atoms with van der Waals surface area (Å²) in [6, 6.07) is 5.86. The Morgan fingerprint density at radius 3 is 2.29 bits per heavy atom. The maximum absolute atomic E-state index is 6.25. The molecule has 2 aromatic heterocycles. The molecule has 0 saturated carbocycles. The number of hydrogen-bond acceptors (Lipinski definition) is 3. The molecule has 106 valence electrons. The normalized spacial score (nSPS) is 11.3. The Labute approximate surface area is 133 Å². The molecule has 2 heterocycles. The van der Waals surface area contributed by atoms with E-state index in [1.165, 1.54) is 0 Å². The fraction of sp³-hybridized carbons (Fsp3) is 0.188. The van der Waals surface area contributed by atoms with E-state index in [1.54, 1.807) is 6.20 Å². The first-order valence-corrected chi connectivity index (χ1v) is 7.38. The van der Waals surface area contributed by atoms with Crippen LogP contribution in [0.15, 0.2) is 36.8 Å². The van der Waals surface area contributed by atoms with Crippen molar-refractivity contribution in [3.63, 3.8) is 0 Å².